The molecule has 0 spiro atoms. The maximum Gasteiger partial charge on any atom is 0.341 e. The fourth-order valence-electron chi connectivity index (χ4n) is 16.4. The van der Waals surface area contributed by atoms with Crippen LogP contribution in [-0.4, -0.2) is 263 Å². The van der Waals surface area contributed by atoms with Gasteiger partial charge in [0.15, 0.2) is 52.9 Å². The molecule has 1 aliphatic carbocycles. The second-order valence-corrected chi connectivity index (χ2v) is 33.0. The lowest BCUT2D eigenvalue weighted by Crippen LogP contribution is -2.28. The summed E-state index contributed by atoms with van der Waals surface area (Å²) >= 11 is 0. The van der Waals surface area contributed by atoms with E-state index in [1.54, 1.807) is 141 Å². The number of likely N-dealkylation sites (N-methyl/N-ethyl adjacent to an activating group) is 4. The number of amides is 4. The van der Waals surface area contributed by atoms with Crippen LogP contribution in [-0.2, 0) is 57.5 Å². The van der Waals surface area contributed by atoms with E-state index in [0.29, 0.717) is 97.6 Å². The Morgan fingerprint density at radius 3 is 0.500 bits per heavy atom. The SMILES string of the molecule is CCN(CC)C(=O)/C=C/c1ccc(OCCCC2c3cc(c(OCC(=O)O)cc3OCC(=O)O)C(CCCOc3ccc(/C=C/C(=O)N(CC)CC)cc3)c3cc(c(OCC(=O)O)cc3OCC(=O)O)C(CCCOc3ccc(/C=C/C(=O)N(CC)CC)cc3)c3cc(c(OCC(=O)O)cc3OCC(=O)O)C(CCCOc3ccc(/C=C/C(=O)N(CC)CC)cc3)c3cc2c(OCC(=O)O)cc3OCC(=O)O)cc1. The van der Waals surface area contributed by atoms with Crippen molar-refractivity contribution in [3.05, 3.63) is 237 Å². The van der Waals surface area contributed by atoms with Crippen LogP contribution in [0.15, 0.2) is 170 Å². The van der Waals surface area contributed by atoms with Crippen molar-refractivity contribution in [1.82, 2.24) is 19.6 Å². The van der Waals surface area contributed by atoms with Gasteiger partial charge in [0.25, 0.3) is 0 Å². The van der Waals surface area contributed by atoms with E-state index in [1.165, 1.54) is 72.8 Å². The highest BCUT2D eigenvalue weighted by atomic mass is 16.5. The minimum absolute atomic E-state index is 0.00888. The van der Waals surface area contributed by atoms with Crippen LogP contribution in [0.5, 0.6) is 69.0 Å². The van der Waals surface area contributed by atoms with Crippen molar-refractivity contribution < 1.29 is 155 Å². The summed E-state index contributed by atoms with van der Waals surface area (Å²) in [6, 6.07) is 38.1. The lowest BCUT2D eigenvalue weighted by molar-refractivity contribution is -0.140. The Bertz CT molecular complexity index is 4970. The molecule has 0 aliphatic heterocycles. The largest absolute Gasteiger partial charge is 0.494 e. The molecule has 1 aliphatic rings. The first-order valence-corrected chi connectivity index (χ1v) is 47.6. The fraction of sp³-hybridized carbons (Fsp3) is 0.370. The Morgan fingerprint density at radius 2 is 0.368 bits per heavy atom. The van der Waals surface area contributed by atoms with E-state index in [9.17, 15) is 98.4 Å². The third kappa shape index (κ3) is 34.2. The smallest absolute Gasteiger partial charge is 0.341 e. The Labute approximate surface area is 834 Å². The second kappa shape index (κ2) is 57.0. The summed E-state index contributed by atoms with van der Waals surface area (Å²) in [6.07, 6.45) is 11.6. The predicted molar refractivity (Wildman–Crippen MR) is 531 cm³/mol. The first kappa shape index (κ1) is 112. The molecule has 0 saturated heterocycles. The number of aliphatic carboxylic acids is 8. The lowest BCUT2D eigenvalue weighted by atomic mass is 9.76. The third-order valence-electron chi connectivity index (χ3n) is 23.5. The number of hydrogen-bond donors (Lipinski definition) is 8. The number of carboxylic acid groups (broad SMARTS) is 8. The van der Waals surface area contributed by atoms with Gasteiger partial charge in [-0.05, 0) is 226 Å². The van der Waals surface area contributed by atoms with Crippen molar-refractivity contribution in [3.63, 3.8) is 0 Å². The van der Waals surface area contributed by atoms with Crippen LogP contribution in [0.1, 0.15) is 197 Å². The zero-order chi connectivity index (χ0) is 104. The highest BCUT2D eigenvalue weighted by molar-refractivity contribution is 5.94. The molecule has 8 aromatic rings. The monoisotopic (exact) mass is 1990 g/mol. The molecule has 144 heavy (non-hydrogen) atoms. The van der Waals surface area contributed by atoms with E-state index in [4.69, 9.17) is 56.8 Å². The Hall–Kier alpha value is -16.0. The second-order valence-electron chi connectivity index (χ2n) is 33.0. The van der Waals surface area contributed by atoms with Gasteiger partial charge in [0.2, 0.25) is 23.6 Å². The van der Waals surface area contributed by atoms with Crippen molar-refractivity contribution in [2.24, 2.45) is 0 Å². The maximum atomic E-state index is 13.2. The van der Waals surface area contributed by atoms with Gasteiger partial charge in [-0.15, -0.1) is 0 Å². The molecule has 0 fully saturated rings. The number of ether oxygens (including phenoxy) is 12. The molecule has 8 N–H and O–H groups in total. The predicted octanol–water partition coefficient (Wildman–Crippen LogP) is 15.2. The van der Waals surface area contributed by atoms with E-state index in [0.717, 1.165) is 0 Å². The van der Waals surface area contributed by atoms with E-state index in [2.05, 4.69) is 0 Å². The molecule has 0 heterocycles. The van der Waals surface area contributed by atoms with Crippen LogP contribution in [0.4, 0.5) is 0 Å². The molecule has 36 heteroatoms. The van der Waals surface area contributed by atoms with E-state index in [1.807, 2.05) is 55.4 Å². The summed E-state index contributed by atoms with van der Waals surface area (Å²) in [5, 5.41) is 85.9. The highest BCUT2D eigenvalue weighted by Gasteiger charge is 2.37. The summed E-state index contributed by atoms with van der Waals surface area (Å²) in [5.74, 6) is -19.8. The summed E-state index contributed by atoms with van der Waals surface area (Å²) in [7, 11) is 0. The Morgan fingerprint density at radius 1 is 0.222 bits per heavy atom. The summed E-state index contributed by atoms with van der Waals surface area (Å²) in [6.45, 7) is 9.19. The number of fused-ring (bicyclic) bond motifs is 8. The van der Waals surface area contributed by atoms with Gasteiger partial charge in [-0.1, -0.05) is 48.5 Å². The molecule has 0 radical (unpaired) electrons. The van der Waals surface area contributed by atoms with Gasteiger partial charge in [0, 0.05) is 169 Å². The summed E-state index contributed by atoms with van der Waals surface area (Å²) < 4.78 is 77.1. The van der Waals surface area contributed by atoms with Gasteiger partial charge < -0.3 is 117 Å². The standard InChI is InChI=1S/C108H124N4O32/c1-9-109(10-2)97(113)45-33-69-25-37-73(38-26-69)133-49-17-21-77-81-53-83(91(139-63-103(121)122)57-89(81)137-61-101(117)118)78(22-18-50-134-74-39-27-70(28-40-74)34-46-98(114)110(11-3)12-4)85-55-87(95(143-67-107(129)130)59-93(85)141-65-105(125)126)80(24-20-52-136-76-43-31-72(32-44-76)36-48-100(116)112(15-7)16-8)88-56-86(94(142-66-106(127)128)60-96(88)144-68-108(131)132)79(84-54-82(77)90(138-62-102(119)120)58-92(84)140-64-104(123)124)23-19-51-135-75-41-29-71(30-42-75)35-47-99(115)111(13-5)14-6/h25-48,53-60,77-80H,9-24,49-52,61-68H2,1-8H3,(H,117,118)(H,119,120)(H,121,122)(H,123,124)(H,125,126)(H,127,128)(H,129,130)(H,131,132)/b45-33+,46-34+,47-35+,48-36+. The van der Waals surface area contributed by atoms with Crippen LogP contribution in [0, 0.1) is 0 Å². The van der Waals surface area contributed by atoms with Gasteiger partial charge in [-0.2, -0.15) is 0 Å². The third-order valence-corrected chi connectivity index (χ3v) is 23.5. The van der Waals surface area contributed by atoms with Gasteiger partial charge in [0.1, 0.15) is 69.0 Å². The molecule has 9 rings (SSSR count). The topological polar surface area (TPSA) is 490 Å². The molecular formula is C108H124N4O32. The van der Waals surface area contributed by atoms with Crippen molar-refractivity contribution in [3.8, 4) is 69.0 Å². The fourth-order valence-corrected chi connectivity index (χ4v) is 16.4. The molecule has 4 amide bonds. The Kier molecular flexibility index (Phi) is 44.2. The average molecular weight is 1990 g/mol. The number of carbonyl (C=O) groups excluding carboxylic acids is 4. The number of hydrogen-bond acceptors (Lipinski definition) is 24. The number of carbonyl (C=O) groups is 12. The molecule has 8 aromatic carbocycles. The number of nitrogens with zero attached hydrogens (tertiary/aromatic N) is 4. The van der Waals surface area contributed by atoms with E-state index in [-0.39, 0.29) is 192 Å². The van der Waals surface area contributed by atoms with Crippen LogP contribution in [0.2, 0.25) is 0 Å². The zero-order valence-corrected chi connectivity index (χ0v) is 81.7. The van der Waals surface area contributed by atoms with Crippen molar-refractivity contribution in [2.75, 3.05) is 132 Å². The van der Waals surface area contributed by atoms with E-state index >= 15 is 0 Å². The first-order chi connectivity index (χ1) is 69.3. The van der Waals surface area contributed by atoms with Crippen LogP contribution >= 0.6 is 0 Å². The minimum atomic E-state index is -1.53. The number of rotatable bonds is 60. The lowest BCUT2D eigenvalue weighted by Gasteiger charge is -2.32. The minimum Gasteiger partial charge on any atom is -0.494 e. The quantitative estimate of drug-likeness (QED) is 0.0130. The molecular weight excluding hydrogens is 1870 g/mol. The molecule has 36 nitrogen and oxygen atoms in total. The Balaban J connectivity index is 1.43. The first-order valence-electron chi connectivity index (χ1n) is 47.6. The van der Waals surface area contributed by atoms with Crippen molar-refractivity contribution in [1.29, 1.82) is 0 Å². The normalized spacial score (nSPS) is 13.7. The van der Waals surface area contributed by atoms with Crippen molar-refractivity contribution >= 4 is 95.7 Å². The maximum absolute atomic E-state index is 13.2. The van der Waals surface area contributed by atoms with E-state index < -0.39 is 124 Å². The van der Waals surface area contributed by atoms with Gasteiger partial charge in [-0.25, -0.2) is 38.4 Å². The molecule has 0 unspecified atom stereocenters. The number of carboxylic acids is 8. The molecule has 0 atom stereocenters. The molecule has 8 bridgehead atoms. The summed E-state index contributed by atoms with van der Waals surface area (Å²) in [5.41, 5.74) is 2.63. The van der Waals surface area contributed by atoms with Gasteiger partial charge in [-0.3, -0.25) is 19.2 Å². The summed E-state index contributed by atoms with van der Waals surface area (Å²) in [4.78, 5) is 165. The van der Waals surface area contributed by atoms with Crippen LogP contribution < -0.4 is 56.8 Å². The molecule has 0 aromatic heterocycles. The van der Waals surface area contributed by atoms with Crippen LogP contribution in [0.3, 0.4) is 0 Å². The molecule has 0 saturated carbocycles. The van der Waals surface area contributed by atoms with Crippen LogP contribution in [0.25, 0.3) is 24.3 Å². The molecule has 768 valence electrons. The van der Waals surface area contributed by atoms with Gasteiger partial charge in [0.05, 0.1) is 26.4 Å². The number of benzene rings is 8. The highest BCUT2D eigenvalue weighted by Crippen LogP contribution is 2.54. The van der Waals surface area contributed by atoms with Gasteiger partial charge >= 0.3 is 47.8 Å². The average Bonchev–Trinajstić information content (AvgIpc) is 0.742. The van der Waals surface area contributed by atoms with Crippen molar-refractivity contribution in [2.45, 2.75) is 130 Å². The zero-order valence-electron chi connectivity index (χ0n) is 81.7.